The van der Waals surface area contributed by atoms with Crippen molar-refractivity contribution in [2.75, 3.05) is 34.8 Å². The molecular weight excluding hydrogens is 280 g/mol. The van der Waals surface area contributed by atoms with E-state index in [2.05, 4.69) is 0 Å². The zero-order valence-corrected chi connectivity index (χ0v) is 13.2. The van der Waals surface area contributed by atoms with Crippen molar-refractivity contribution < 1.29 is 17.9 Å². The van der Waals surface area contributed by atoms with Crippen molar-refractivity contribution in [2.24, 2.45) is 0 Å². The van der Waals surface area contributed by atoms with Gasteiger partial charge in [0.1, 0.15) is 10.6 Å². The minimum Gasteiger partial charge on any atom is -0.495 e. The third-order valence-electron chi connectivity index (χ3n) is 2.99. The highest BCUT2D eigenvalue weighted by molar-refractivity contribution is 7.89. The highest BCUT2D eigenvalue weighted by Crippen LogP contribution is 2.27. The Labute approximate surface area is 120 Å². The molecule has 0 aliphatic heterocycles. The fourth-order valence-electron chi connectivity index (χ4n) is 1.57. The molecular formula is C13H20N2O4S. The number of sulfonamides is 1. The number of amides is 1. The van der Waals surface area contributed by atoms with Crippen molar-refractivity contribution in [3.05, 3.63) is 23.8 Å². The highest BCUT2D eigenvalue weighted by Gasteiger charge is 2.24. The summed E-state index contributed by atoms with van der Waals surface area (Å²) in [5, 5.41) is 0. The number of benzene rings is 1. The number of methoxy groups -OCH3 is 1. The van der Waals surface area contributed by atoms with Crippen LogP contribution >= 0.6 is 0 Å². The van der Waals surface area contributed by atoms with E-state index in [1.54, 1.807) is 13.1 Å². The van der Waals surface area contributed by atoms with Gasteiger partial charge in [-0.1, -0.05) is 0 Å². The van der Waals surface area contributed by atoms with Gasteiger partial charge in [-0.25, -0.2) is 12.7 Å². The lowest BCUT2D eigenvalue weighted by molar-refractivity contribution is 0.0802. The standard InChI is InChI=1S/C13H20N2O4S/c1-6-15(4)13(16)10-7-8-11(19-5)12(9-10)20(17,18)14(2)3/h7-9H,6H2,1-5H3. The monoisotopic (exact) mass is 300 g/mol. The Kier molecular flexibility index (Phi) is 5.13. The van der Waals surface area contributed by atoms with E-state index in [1.807, 2.05) is 6.92 Å². The second-order valence-corrected chi connectivity index (χ2v) is 6.59. The average Bonchev–Trinajstić information content (AvgIpc) is 2.44. The fourth-order valence-corrected chi connectivity index (χ4v) is 2.65. The first-order valence-corrected chi connectivity index (χ1v) is 7.55. The molecule has 112 valence electrons. The zero-order valence-electron chi connectivity index (χ0n) is 12.4. The normalized spacial score (nSPS) is 11.5. The van der Waals surface area contributed by atoms with Gasteiger partial charge in [-0.2, -0.15) is 0 Å². The van der Waals surface area contributed by atoms with Gasteiger partial charge in [0, 0.05) is 33.3 Å². The van der Waals surface area contributed by atoms with Crippen LogP contribution < -0.4 is 4.74 Å². The lowest BCUT2D eigenvalue weighted by atomic mass is 10.2. The summed E-state index contributed by atoms with van der Waals surface area (Å²) in [7, 11) is 2.25. The van der Waals surface area contributed by atoms with Crippen LogP contribution in [0.1, 0.15) is 17.3 Å². The molecule has 1 aromatic carbocycles. The third kappa shape index (κ3) is 3.10. The first-order valence-electron chi connectivity index (χ1n) is 6.11. The van der Waals surface area contributed by atoms with E-state index in [-0.39, 0.29) is 16.6 Å². The molecule has 0 aromatic heterocycles. The van der Waals surface area contributed by atoms with Gasteiger partial charge in [-0.05, 0) is 25.1 Å². The molecule has 7 heteroatoms. The van der Waals surface area contributed by atoms with E-state index >= 15 is 0 Å². The number of ether oxygens (including phenoxy) is 1. The fraction of sp³-hybridized carbons (Fsp3) is 0.462. The third-order valence-corrected chi connectivity index (χ3v) is 4.83. The lowest BCUT2D eigenvalue weighted by Gasteiger charge is -2.18. The van der Waals surface area contributed by atoms with E-state index < -0.39 is 10.0 Å². The minimum absolute atomic E-state index is 0.0136. The maximum Gasteiger partial charge on any atom is 0.253 e. The van der Waals surface area contributed by atoms with E-state index in [1.165, 1.54) is 38.2 Å². The predicted octanol–water partition coefficient (Wildman–Crippen LogP) is 1.04. The van der Waals surface area contributed by atoms with Crippen LogP contribution in [0, 0.1) is 0 Å². The molecule has 0 aliphatic rings. The Morgan fingerprint density at radius 2 is 1.85 bits per heavy atom. The maximum absolute atomic E-state index is 12.2. The van der Waals surface area contributed by atoms with Gasteiger partial charge < -0.3 is 9.64 Å². The Morgan fingerprint density at radius 1 is 1.25 bits per heavy atom. The summed E-state index contributed by atoms with van der Waals surface area (Å²) >= 11 is 0. The van der Waals surface area contributed by atoms with E-state index in [0.29, 0.717) is 12.1 Å². The summed E-state index contributed by atoms with van der Waals surface area (Å²) in [6.45, 7) is 2.39. The molecule has 0 saturated heterocycles. The van der Waals surface area contributed by atoms with E-state index in [0.717, 1.165) is 4.31 Å². The molecule has 0 fully saturated rings. The quantitative estimate of drug-likeness (QED) is 0.815. The number of nitrogens with zero attached hydrogens (tertiary/aromatic N) is 2. The molecule has 0 radical (unpaired) electrons. The van der Waals surface area contributed by atoms with Crippen LogP contribution in [0.15, 0.2) is 23.1 Å². The molecule has 0 saturated carbocycles. The first-order chi connectivity index (χ1) is 9.25. The molecule has 0 spiro atoms. The molecule has 1 amide bonds. The Hall–Kier alpha value is -1.60. The van der Waals surface area contributed by atoms with Crippen molar-refractivity contribution in [2.45, 2.75) is 11.8 Å². The van der Waals surface area contributed by atoms with Gasteiger partial charge in [0.2, 0.25) is 10.0 Å². The highest BCUT2D eigenvalue weighted by atomic mass is 32.2. The SMILES string of the molecule is CCN(C)C(=O)c1ccc(OC)c(S(=O)(=O)N(C)C)c1. The van der Waals surface area contributed by atoms with Gasteiger partial charge in [0.25, 0.3) is 5.91 Å². The number of carbonyl (C=O) groups is 1. The molecule has 6 nitrogen and oxygen atoms in total. The Morgan fingerprint density at radius 3 is 2.30 bits per heavy atom. The van der Waals surface area contributed by atoms with E-state index in [9.17, 15) is 13.2 Å². The van der Waals surface area contributed by atoms with Crippen molar-refractivity contribution >= 4 is 15.9 Å². The van der Waals surface area contributed by atoms with Gasteiger partial charge in [0.15, 0.2) is 0 Å². The van der Waals surface area contributed by atoms with Crippen molar-refractivity contribution in [1.82, 2.24) is 9.21 Å². The summed E-state index contributed by atoms with van der Waals surface area (Å²) < 4.78 is 30.7. The summed E-state index contributed by atoms with van der Waals surface area (Å²) in [6, 6.07) is 4.40. The molecule has 0 N–H and O–H groups in total. The smallest absolute Gasteiger partial charge is 0.253 e. The minimum atomic E-state index is -3.67. The lowest BCUT2D eigenvalue weighted by Crippen LogP contribution is -2.27. The molecule has 1 rings (SSSR count). The van der Waals surface area contributed by atoms with Gasteiger partial charge in [-0.15, -0.1) is 0 Å². The molecule has 0 bridgehead atoms. The summed E-state index contributed by atoms with van der Waals surface area (Å²) in [6.07, 6.45) is 0. The second kappa shape index (κ2) is 6.23. The van der Waals surface area contributed by atoms with Crippen LogP contribution in [0.2, 0.25) is 0 Å². The van der Waals surface area contributed by atoms with Crippen LogP contribution in [0.3, 0.4) is 0 Å². The molecule has 0 unspecified atom stereocenters. The summed E-state index contributed by atoms with van der Waals surface area (Å²) in [4.78, 5) is 13.6. The molecule has 0 aliphatic carbocycles. The number of carbonyl (C=O) groups excluding carboxylic acids is 1. The average molecular weight is 300 g/mol. The molecule has 20 heavy (non-hydrogen) atoms. The van der Waals surface area contributed by atoms with Crippen LogP contribution in [-0.4, -0.2) is 58.3 Å². The first kappa shape index (κ1) is 16.5. The van der Waals surface area contributed by atoms with Crippen LogP contribution in [0.4, 0.5) is 0 Å². The van der Waals surface area contributed by atoms with Crippen LogP contribution in [0.5, 0.6) is 5.75 Å². The molecule has 0 heterocycles. The largest absolute Gasteiger partial charge is 0.495 e. The van der Waals surface area contributed by atoms with Gasteiger partial charge in [-0.3, -0.25) is 4.79 Å². The zero-order chi connectivity index (χ0) is 15.5. The van der Waals surface area contributed by atoms with Crippen molar-refractivity contribution in [3.8, 4) is 5.75 Å². The van der Waals surface area contributed by atoms with E-state index in [4.69, 9.17) is 4.74 Å². The van der Waals surface area contributed by atoms with Crippen molar-refractivity contribution in [1.29, 1.82) is 0 Å². The van der Waals surface area contributed by atoms with Crippen molar-refractivity contribution in [3.63, 3.8) is 0 Å². The summed E-state index contributed by atoms with van der Waals surface area (Å²) in [5.41, 5.74) is 0.315. The predicted molar refractivity (Wildman–Crippen MR) is 76.5 cm³/mol. The van der Waals surface area contributed by atoms with Crippen LogP contribution in [0.25, 0.3) is 0 Å². The number of rotatable bonds is 5. The van der Waals surface area contributed by atoms with Gasteiger partial charge >= 0.3 is 0 Å². The Balaban J connectivity index is 3.41. The van der Waals surface area contributed by atoms with Gasteiger partial charge in [0.05, 0.1) is 7.11 Å². The number of hydrogen-bond donors (Lipinski definition) is 0. The molecule has 0 atom stereocenters. The Bertz CT molecular complexity index is 596. The summed E-state index contributed by atoms with van der Waals surface area (Å²) in [5.74, 6) is -0.0141. The maximum atomic E-state index is 12.2. The number of hydrogen-bond acceptors (Lipinski definition) is 4. The molecule has 1 aromatic rings. The topological polar surface area (TPSA) is 66.9 Å². The van der Waals surface area contributed by atoms with Crippen LogP contribution in [-0.2, 0) is 10.0 Å². The second-order valence-electron chi connectivity index (χ2n) is 4.47.